The molecule has 3 rings (SSSR count). The molecule has 166 valence electrons. The van der Waals surface area contributed by atoms with E-state index < -0.39 is 36.7 Å². The Balaban J connectivity index is 1.76. The molecule has 0 bridgehead atoms. The van der Waals surface area contributed by atoms with Gasteiger partial charge >= 0.3 is 0 Å². The number of ether oxygens (including phenoxy) is 1. The lowest BCUT2D eigenvalue weighted by Gasteiger charge is -2.09. The Morgan fingerprint density at radius 2 is 1.84 bits per heavy atom. The van der Waals surface area contributed by atoms with Gasteiger partial charge in [0.05, 0.1) is 30.7 Å². The van der Waals surface area contributed by atoms with Crippen LogP contribution >= 0.6 is 0 Å². The smallest absolute Gasteiger partial charge is 0.282 e. The van der Waals surface area contributed by atoms with Gasteiger partial charge in [0.15, 0.2) is 0 Å². The third-order valence-electron chi connectivity index (χ3n) is 4.68. The van der Waals surface area contributed by atoms with Crippen LogP contribution in [0.1, 0.15) is 41.2 Å². The largest absolute Gasteiger partial charge is 0.497 e. The van der Waals surface area contributed by atoms with Gasteiger partial charge in [-0.3, -0.25) is 14.2 Å². The van der Waals surface area contributed by atoms with Gasteiger partial charge in [-0.15, -0.1) is 0 Å². The van der Waals surface area contributed by atoms with Crippen LogP contribution in [0.5, 0.6) is 5.75 Å². The molecule has 1 aromatic carbocycles. The summed E-state index contributed by atoms with van der Waals surface area (Å²) >= 11 is 0. The fourth-order valence-electron chi connectivity index (χ4n) is 3.15. The van der Waals surface area contributed by atoms with Gasteiger partial charge in [0.1, 0.15) is 23.7 Å². The Labute approximate surface area is 175 Å². The van der Waals surface area contributed by atoms with E-state index in [1.54, 1.807) is 25.6 Å². The lowest BCUT2D eigenvalue weighted by molar-refractivity contribution is -0.117. The molecule has 0 aliphatic carbocycles. The lowest BCUT2D eigenvalue weighted by atomic mass is 10.2. The standard InChI is InChI=1S/C20H21F4N5O2/c1-11-18(12(2)28(26-11)9-13-5-4-6-14(7-13)31-3)25-17(30)10-29-16(20(23)24)8-15(27-29)19(21)22/h4-8,19-20H,9-10H2,1-3H3,(H,25,30). The number of nitrogens with one attached hydrogen (secondary N) is 1. The van der Waals surface area contributed by atoms with E-state index in [1.165, 1.54) is 0 Å². The molecular formula is C20H21F4N5O2. The highest BCUT2D eigenvalue weighted by Gasteiger charge is 2.23. The van der Waals surface area contributed by atoms with Crippen molar-refractivity contribution in [3.63, 3.8) is 0 Å². The number of methoxy groups -OCH3 is 1. The van der Waals surface area contributed by atoms with E-state index in [1.807, 2.05) is 24.3 Å². The Morgan fingerprint density at radius 1 is 1.10 bits per heavy atom. The van der Waals surface area contributed by atoms with Crippen LogP contribution in [-0.4, -0.2) is 32.6 Å². The highest BCUT2D eigenvalue weighted by Crippen LogP contribution is 2.26. The Morgan fingerprint density at radius 3 is 2.48 bits per heavy atom. The number of aryl methyl sites for hydroxylation is 1. The number of aromatic nitrogens is 4. The van der Waals surface area contributed by atoms with E-state index in [9.17, 15) is 22.4 Å². The molecule has 0 aliphatic rings. The molecule has 2 heterocycles. The van der Waals surface area contributed by atoms with Crippen molar-refractivity contribution in [1.29, 1.82) is 0 Å². The minimum absolute atomic E-state index is 0.423. The summed E-state index contributed by atoms with van der Waals surface area (Å²) in [6.07, 6.45) is -6.05. The van der Waals surface area contributed by atoms with Crippen molar-refractivity contribution in [2.24, 2.45) is 0 Å². The number of alkyl halides is 4. The Bertz CT molecular complexity index is 1080. The zero-order chi connectivity index (χ0) is 22.7. The summed E-state index contributed by atoms with van der Waals surface area (Å²) in [5.41, 5.74) is 0.982. The van der Waals surface area contributed by atoms with Crippen LogP contribution in [0.4, 0.5) is 23.2 Å². The zero-order valence-corrected chi connectivity index (χ0v) is 17.1. The number of anilines is 1. The predicted octanol–water partition coefficient (Wildman–Crippen LogP) is 4.27. The van der Waals surface area contributed by atoms with Crippen LogP contribution in [0, 0.1) is 13.8 Å². The fourth-order valence-corrected chi connectivity index (χ4v) is 3.15. The number of hydrogen-bond acceptors (Lipinski definition) is 4. The average molecular weight is 439 g/mol. The van der Waals surface area contributed by atoms with E-state index >= 15 is 0 Å². The number of halogens is 4. The average Bonchev–Trinajstić information content (AvgIpc) is 3.25. The first-order valence-corrected chi connectivity index (χ1v) is 9.30. The van der Waals surface area contributed by atoms with Crippen molar-refractivity contribution in [3.8, 4) is 5.75 Å². The normalized spacial score (nSPS) is 11.4. The molecule has 11 heteroatoms. The highest BCUT2D eigenvalue weighted by atomic mass is 19.3. The summed E-state index contributed by atoms with van der Waals surface area (Å²) in [6.45, 7) is 3.24. The second kappa shape index (κ2) is 9.19. The molecular weight excluding hydrogens is 418 g/mol. The van der Waals surface area contributed by atoms with Gasteiger partial charge in [-0.05, 0) is 37.6 Å². The number of hydrogen-bond donors (Lipinski definition) is 1. The molecule has 0 saturated carbocycles. The summed E-state index contributed by atoms with van der Waals surface area (Å²) < 4.78 is 59.3. The number of rotatable bonds is 8. The molecule has 0 aliphatic heterocycles. The topological polar surface area (TPSA) is 74.0 Å². The van der Waals surface area contributed by atoms with Crippen molar-refractivity contribution in [3.05, 3.63) is 58.7 Å². The molecule has 1 amide bonds. The van der Waals surface area contributed by atoms with Gasteiger partial charge in [-0.25, -0.2) is 17.6 Å². The first-order valence-electron chi connectivity index (χ1n) is 9.30. The van der Waals surface area contributed by atoms with Gasteiger partial charge in [0.25, 0.3) is 12.9 Å². The van der Waals surface area contributed by atoms with E-state index in [0.29, 0.717) is 40.1 Å². The molecule has 0 unspecified atom stereocenters. The molecule has 7 nitrogen and oxygen atoms in total. The molecule has 3 aromatic rings. The quantitative estimate of drug-likeness (QED) is 0.532. The summed E-state index contributed by atoms with van der Waals surface area (Å²) in [5, 5.41) is 10.5. The molecule has 0 fully saturated rings. The number of benzene rings is 1. The van der Waals surface area contributed by atoms with Crippen LogP contribution in [-0.2, 0) is 17.9 Å². The molecule has 0 radical (unpaired) electrons. The maximum Gasteiger partial charge on any atom is 0.282 e. The monoisotopic (exact) mass is 439 g/mol. The second-order valence-electron chi connectivity index (χ2n) is 6.86. The fraction of sp³-hybridized carbons (Fsp3) is 0.350. The van der Waals surface area contributed by atoms with E-state index in [4.69, 9.17) is 4.74 Å². The minimum atomic E-state index is -3.04. The van der Waals surface area contributed by atoms with Crippen LogP contribution in [0.3, 0.4) is 0 Å². The van der Waals surface area contributed by atoms with Crippen molar-refractivity contribution in [2.75, 3.05) is 12.4 Å². The van der Waals surface area contributed by atoms with E-state index in [0.717, 1.165) is 5.56 Å². The highest BCUT2D eigenvalue weighted by molar-refractivity contribution is 5.91. The Kier molecular flexibility index (Phi) is 6.62. The van der Waals surface area contributed by atoms with Crippen molar-refractivity contribution in [2.45, 2.75) is 39.8 Å². The summed E-state index contributed by atoms with van der Waals surface area (Å²) in [7, 11) is 1.57. The molecule has 1 N–H and O–H groups in total. The molecule has 0 atom stereocenters. The summed E-state index contributed by atoms with van der Waals surface area (Å²) in [5.74, 6) is 0.0164. The van der Waals surface area contributed by atoms with Gasteiger partial charge < -0.3 is 10.1 Å². The summed E-state index contributed by atoms with van der Waals surface area (Å²) in [4.78, 5) is 12.4. The molecule has 2 aromatic heterocycles. The molecule has 0 spiro atoms. The van der Waals surface area contributed by atoms with Crippen LogP contribution in [0.25, 0.3) is 0 Å². The lowest BCUT2D eigenvalue weighted by Crippen LogP contribution is -2.22. The van der Waals surface area contributed by atoms with Crippen molar-refractivity contribution >= 4 is 11.6 Å². The first kappa shape index (κ1) is 22.3. The van der Waals surface area contributed by atoms with E-state index in [-0.39, 0.29) is 0 Å². The third kappa shape index (κ3) is 5.04. The molecule has 31 heavy (non-hydrogen) atoms. The van der Waals surface area contributed by atoms with Gasteiger partial charge in [0.2, 0.25) is 5.91 Å². The zero-order valence-electron chi connectivity index (χ0n) is 17.1. The van der Waals surface area contributed by atoms with Crippen LogP contribution in [0.2, 0.25) is 0 Å². The third-order valence-corrected chi connectivity index (χ3v) is 4.68. The second-order valence-corrected chi connectivity index (χ2v) is 6.86. The van der Waals surface area contributed by atoms with Crippen molar-refractivity contribution < 1.29 is 27.1 Å². The Hall–Kier alpha value is -3.37. The van der Waals surface area contributed by atoms with Gasteiger partial charge in [0, 0.05) is 0 Å². The number of carbonyl (C=O) groups excluding carboxylic acids is 1. The summed E-state index contributed by atoms with van der Waals surface area (Å²) in [6, 6.07) is 8.03. The van der Waals surface area contributed by atoms with Gasteiger partial charge in [-0.2, -0.15) is 10.2 Å². The number of carbonyl (C=O) groups is 1. The number of nitrogens with zero attached hydrogens (tertiary/aromatic N) is 4. The van der Waals surface area contributed by atoms with Crippen molar-refractivity contribution in [1.82, 2.24) is 19.6 Å². The van der Waals surface area contributed by atoms with E-state index in [2.05, 4.69) is 15.5 Å². The molecule has 0 saturated heterocycles. The first-order chi connectivity index (χ1) is 14.7. The maximum atomic E-state index is 13.1. The minimum Gasteiger partial charge on any atom is -0.497 e. The van der Waals surface area contributed by atoms with Crippen LogP contribution in [0.15, 0.2) is 30.3 Å². The SMILES string of the molecule is COc1cccc(Cn2nc(C)c(NC(=O)Cn3nc(C(F)F)cc3C(F)F)c2C)c1. The predicted molar refractivity (Wildman–Crippen MR) is 105 cm³/mol. The number of amides is 1. The maximum absolute atomic E-state index is 13.1. The van der Waals surface area contributed by atoms with Crippen LogP contribution < -0.4 is 10.1 Å². The van der Waals surface area contributed by atoms with Gasteiger partial charge in [-0.1, -0.05) is 12.1 Å².